The molecule has 1 aromatic heterocycles. The number of halogens is 1. The van der Waals surface area contributed by atoms with Crippen LogP contribution in [0.3, 0.4) is 0 Å². The van der Waals surface area contributed by atoms with Crippen molar-refractivity contribution in [1.29, 1.82) is 0 Å². The van der Waals surface area contributed by atoms with E-state index in [1.807, 2.05) is 0 Å². The quantitative estimate of drug-likeness (QED) is 0.441. The fourth-order valence-electron chi connectivity index (χ4n) is 3.45. The van der Waals surface area contributed by atoms with Crippen molar-refractivity contribution in [2.75, 3.05) is 33.2 Å². The average molecular weight is 433 g/mol. The van der Waals surface area contributed by atoms with Crippen LogP contribution in [-0.4, -0.2) is 38.1 Å². The molecule has 3 aromatic rings. The van der Waals surface area contributed by atoms with Crippen LogP contribution in [0.2, 0.25) is 0 Å². The van der Waals surface area contributed by atoms with Gasteiger partial charge in [-0.05, 0) is 33.0 Å². The number of hydrogen-bond donors (Lipinski definition) is 0. The minimum atomic E-state index is -4.94. The molecule has 0 radical (unpaired) electrons. The Labute approximate surface area is 177 Å². The van der Waals surface area contributed by atoms with Crippen molar-refractivity contribution in [2.24, 2.45) is 0 Å². The molecule has 8 heteroatoms. The summed E-state index contributed by atoms with van der Waals surface area (Å²) in [6.07, 6.45) is 0. The summed E-state index contributed by atoms with van der Waals surface area (Å²) in [5.41, 5.74) is 4.61. The summed E-state index contributed by atoms with van der Waals surface area (Å²) in [6, 6.07) is 17.2. The second-order valence-corrected chi connectivity index (χ2v) is 8.29. The summed E-state index contributed by atoms with van der Waals surface area (Å²) in [5.74, 6) is 0.935. The van der Waals surface area contributed by atoms with E-state index in [2.05, 4.69) is 78.9 Å². The van der Waals surface area contributed by atoms with Gasteiger partial charge >= 0.3 is 0 Å². The molecule has 0 atom stereocenters. The number of aryl methyl sites for hydroxylation is 2. The van der Waals surface area contributed by atoms with Crippen molar-refractivity contribution in [3.8, 4) is 11.3 Å². The van der Waals surface area contributed by atoms with E-state index in [0.717, 1.165) is 43.1 Å². The van der Waals surface area contributed by atoms with Crippen molar-refractivity contribution in [2.45, 2.75) is 13.8 Å². The van der Waals surface area contributed by atoms with Gasteiger partial charge in [0.1, 0.15) is 11.3 Å². The molecule has 2 heterocycles. The zero-order chi connectivity index (χ0) is 21.9. The molecule has 1 aliphatic rings. The van der Waals surface area contributed by atoms with Gasteiger partial charge in [0.05, 0.1) is 24.5 Å². The molecule has 0 bridgehead atoms. The second-order valence-electron chi connectivity index (χ2n) is 7.53. The Balaban J connectivity index is 0.000000461. The topological polar surface area (TPSA) is 112 Å². The number of rotatable bonds is 1. The third-order valence-corrected chi connectivity index (χ3v) is 5.08. The SMILES string of the molecule is Cc1ccc(-c2cc(=[N+]3CCN(C)CC3)c3cc(C)ccc3o2)cc1.[O-][Cl+3]([O-])([O-])[O-]. The Bertz CT molecular complexity index is 1070. The average Bonchev–Trinajstić information content (AvgIpc) is 2.67. The van der Waals surface area contributed by atoms with E-state index in [1.54, 1.807) is 0 Å². The molecule has 2 aromatic carbocycles. The maximum absolute atomic E-state index is 8.49. The highest BCUT2D eigenvalue weighted by atomic mass is 35.7. The van der Waals surface area contributed by atoms with Gasteiger partial charge in [0.15, 0.2) is 13.1 Å². The minimum Gasteiger partial charge on any atom is -0.456 e. The molecule has 160 valence electrons. The molecule has 30 heavy (non-hydrogen) atoms. The maximum Gasteiger partial charge on any atom is 0.214 e. The Hall–Kier alpha value is -2.26. The van der Waals surface area contributed by atoms with E-state index in [9.17, 15) is 0 Å². The van der Waals surface area contributed by atoms with Gasteiger partial charge in [-0.3, -0.25) is 4.90 Å². The van der Waals surface area contributed by atoms with Crippen LogP contribution in [-0.2, 0) is 0 Å². The molecule has 0 aliphatic carbocycles. The molecular formula is C22H25ClN2O5. The summed E-state index contributed by atoms with van der Waals surface area (Å²) in [5, 5.41) is 2.49. The smallest absolute Gasteiger partial charge is 0.214 e. The van der Waals surface area contributed by atoms with Crippen molar-refractivity contribution in [3.05, 3.63) is 65.0 Å². The Kier molecular flexibility index (Phi) is 6.92. The van der Waals surface area contributed by atoms with Crippen LogP contribution in [0.15, 0.2) is 52.9 Å². The Morgan fingerprint density at radius 1 is 0.867 bits per heavy atom. The van der Waals surface area contributed by atoms with Crippen LogP contribution < -0.4 is 28.6 Å². The fourth-order valence-corrected chi connectivity index (χ4v) is 3.45. The third kappa shape index (κ3) is 6.12. The number of likely N-dealkylation sites (N-methyl/N-ethyl adjacent to an activating group) is 1. The maximum atomic E-state index is 8.49. The fraction of sp³-hybridized carbons (Fsp3) is 0.318. The lowest BCUT2D eigenvalue weighted by molar-refractivity contribution is -2.00. The molecule has 4 rings (SSSR count). The van der Waals surface area contributed by atoms with Crippen LogP contribution in [0, 0.1) is 24.1 Å². The van der Waals surface area contributed by atoms with E-state index >= 15 is 0 Å². The first-order chi connectivity index (χ1) is 14.1. The van der Waals surface area contributed by atoms with Gasteiger partial charge < -0.3 is 4.42 Å². The van der Waals surface area contributed by atoms with E-state index in [-0.39, 0.29) is 0 Å². The zero-order valence-electron chi connectivity index (χ0n) is 17.3. The molecule has 1 saturated heterocycles. The van der Waals surface area contributed by atoms with Gasteiger partial charge in [-0.15, -0.1) is 10.2 Å². The lowest BCUT2D eigenvalue weighted by atomic mass is 10.1. The number of hydrogen-bond acceptors (Lipinski definition) is 6. The van der Waals surface area contributed by atoms with Crippen LogP contribution >= 0.6 is 0 Å². The predicted molar refractivity (Wildman–Crippen MR) is 104 cm³/mol. The van der Waals surface area contributed by atoms with E-state index in [4.69, 9.17) is 23.1 Å². The number of fused-ring (bicyclic) bond motifs is 1. The largest absolute Gasteiger partial charge is 0.456 e. The molecular weight excluding hydrogens is 408 g/mol. The number of nitrogens with zero attached hydrogens (tertiary/aromatic N) is 2. The van der Waals surface area contributed by atoms with Gasteiger partial charge in [0.2, 0.25) is 5.36 Å². The Morgan fingerprint density at radius 3 is 2.03 bits per heavy atom. The Morgan fingerprint density at radius 2 is 1.43 bits per heavy atom. The molecule has 0 spiro atoms. The summed E-state index contributed by atoms with van der Waals surface area (Å²) >= 11 is 0. The third-order valence-electron chi connectivity index (χ3n) is 5.08. The summed E-state index contributed by atoms with van der Waals surface area (Å²) < 4.78 is 42.7. The highest BCUT2D eigenvalue weighted by molar-refractivity contribution is 5.79. The van der Waals surface area contributed by atoms with Gasteiger partial charge in [-0.1, -0.05) is 41.5 Å². The van der Waals surface area contributed by atoms with Gasteiger partial charge in [0, 0.05) is 5.56 Å². The van der Waals surface area contributed by atoms with Gasteiger partial charge in [-0.2, -0.15) is 0 Å². The number of benzene rings is 2. The highest BCUT2D eigenvalue weighted by Gasteiger charge is 2.18. The number of piperazine rings is 1. The van der Waals surface area contributed by atoms with Crippen LogP contribution in [0.1, 0.15) is 11.1 Å². The second kappa shape index (κ2) is 9.26. The summed E-state index contributed by atoms with van der Waals surface area (Å²) in [6.45, 7) is 8.55. The first-order valence-corrected chi connectivity index (χ1v) is 10.8. The minimum absolute atomic E-state index is 0.935. The normalized spacial score (nSPS) is 15.1. The molecule has 0 N–H and O–H groups in total. The molecule has 0 unspecified atom stereocenters. The molecule has 0 amide bonds. The van der Waals surface area contributed by atoms with Crippen molar-refractivity contribution < 1.29 is 33.3 Å². The van der Waals surface area contributed by atoms with Crippen LogP contribution in [0.4, 0.5) is 0 Å². The van der Waals surface area contributed by atoms with Crippen LogP contribution in [0.5, 0.6) is 0 Å². The zero-order valence-corrected chi connectivity index (χ0v) is 18.0. The van der Waals surface area contributed by atoms with Gasteiger partial charge in [0.25, 0.3) is 0 Å². The van der Waals surface area contributed by atoms with E-state index in [1.165, 1.54) is 21.9 Å². The van der Waals surface area contributed by atoms with E-state index in [0.29, 0.717) is 0 Å². The predicted octanol–water partition coefficient (Wildman–Crippen LogP) is -1.32. The molecule has 7 nitrogen and oxygen atoms in total. The van der Waals surface area contributed by atoms with Crippen molar-refractivity contribution in [3.63, 3.8) is 0 Å². The standard InChI is InChI=1S/C22H25N2O.ClHO4/c1-16-4-7-18(8-5-16)22-15-20(24-12-10-23(3)11-13-24)19-14-17(2)6-9-21(19)25-22;2-1(3,4)5/h4-9,14-15H,10-13H2,1-3H3;(H,2,3,4,5)/q+1;/p-1. The molecule has 0 saturated carbocycles. The lowest BCUT2D eigenvalue weighted by Gasteiger charge is -2.20. The first-order valence-electron chi connectivity index (χ1n) is 9.60. The molecule has 1 aliphatic heterocycles. The van der Waals surface area contributed by atoms with Gasteiger partial charge in [-0.25, -0.2) is 23.2 Å². The van der Waals surface area contributed by atoms with E-state index < -0.39 is 10.2 Å². The summed E-state index contributed by atoms with van der Waals surface area (Å²) in [4.78, 5) is 2.39. The first kappa shape index (κ1) is 22.4. The van der Waals surface area contributed by atoms with Crippen molar-refractivity contribution >= 4 is 11.0 Å². The highest BCUT2D eigenvalue weighted by Crippen LogP contribution is 2.23. The lowest BCUT2D eigenvalue weighted by Crippen LogP contribution is -2.68. The monoisotopic (exact) mass is 432 g/mol. The van der Waals surface area contributed by atoms with Crippen molar-refractivity contribution in [1.82, 2.24) is 9.48 Å². The van der Waals surface area contributed by atoms with Crippen LogP contribution in [0.25, 0.3) is 22.3 Å². The summed E-state index contributed by atoms with van der Waals surface area (Å²) in [7, 11) is -2.75. The molecule has 1 fully saturated rings.